The van der Waals surface area contributed by atoms with Crippen LogP contribution in [0.4, 0.5) is 0 Å². The van der Waals surface area contributed by atoms with Gasteiger partial charge in [0, 0.05) is 19.6 Å². The van der Waals surface area contributed by atoms with Gasteiger partial charge in [0.1, 0.15) is 23.0 Å². The predicted molar refractivity (Wildman–Crippen MR) is 95.9 cm³/mol. The Morgan fingerprint density at radius 1 is 1.04 bits per heavy atom. The highest BCUT2D eigenvalue weighted by atomic mass is 35.5. The van der Waals surface area contributed by atoms with Crippen LogP contribution in [0, 0.1) is 0 Å². The third-order valence-corrected chi connectivity index (χ3v) is 4.56. The Bertz CT molecular complexity index is 639. The highest BCUT2D eigenvalue weighted by Gasteiger charge is 2.33. The summed E-state index contributed by atoms with van der Waals surface area (Å²) < 4.78 is 5.86. The van der Waals surface area contributed by atoms with Gasteiger partial charge in [0.15, 0.2) is 0 Å². The first kappa shape index (κ1) is 18.4. The number of halogens is 3. The van der Waals surface area contributed by atoms with Crippen LogP contribution in [0.1, 0.15) is 5.56 Å². The number of hydrogen-bond acceptors (Lipinski definition) is 3. The molecule has 124 valence electrons. The lowest BCUT2D eigenvalue weighted by molar-refractivity contribution is 0.0737. The van der Waals surface area contributed by atoms with Crippen LogP contribution in [0.15, 0.2) is 48.5 Å². The molecule has 0 aromatic heterocycles. The SMILES string of the molecule is Cl.O[C@H]1CN(Cc2ccccc2)C[C@@H]1Oc1cccc(Cl)c1Cl. The number of β-amino-alcohol motifs (C(OH)–C–C–N with tert-alkyl or cyclic N) is 1. The lowest BCUT2D eigenvalue weighted by atomic mass is 10.2. The van der Waals surface area contributed by atoms with E-state index < -0.39 is 6.10 Å². The summed E-state index contributed by atoms with van der Waals surface area (Å²) >= 11 is 12.1. The van der Waals surface area contributed by atoms with Gasteiger partial charge in [-0.3, -0.25) is 4.90 Å². The monoisotopic (exact) mass is 373 g/mol. The molecule has 6 heteroatoms. The van der Waals surface area contributed by atoms with E-state index >= 15 is 0 Å². The molecule has 1 saturated heterocycles. The van der Waals surface area contributed by atoms with Crippen molar-refractivity contribution in [1.82, 2.24) is 4.90 Å². The van der Waals surface area contributed by atoms with E-state index in [4.69, 9.17) is 27.9 Å². The molecule has 2 atom stereocenters. The topological polar surface area (TPSA) is 32.7 Å². The molecule has 0 aliphatic carbocycles. The van der Waals surface area contributed by atoms with Gasteiger partial charge in [-0.15, -0.1) is 12.4 Å². The molecule has 0 amide bonds. The van der Waals surface area contributed by atoms with Gasteiger partial charge in [-0.05, 0) is 17.7 Å². The minimum absolute atomic E-state index is 0. The predicted octanol–water partition coefficient (Wildman–Crippen LogP) is 4.04. The van der Waals surface area contributed by atoms with Crippen molar-refractivity contribution in [3.63, 3.8) is 0 Å². The minimum atomic E-state index is -0.543. The third-order valence-electron chi connectivity index (χ3n) is 3.76. The Labute approximate surface area is 152 Å². The largest absolute Gasteiger partial charge is 0.485 e. The first-order valence-electron chi connectivity index (χ1n) is 7.18. The lowest BCUT2D eigenvalue weighted by Gasteiger charge is -2.18. The van der Waals surface area contributed by atoms with Crippen molar-refractivity contribution < 1.29 is 9.84 Å². The smallest absolute Gasteiger partial charge is 0.140 e. The van der Waals surface area contributed by atoms with Crippen LogP contribution in [0.3, 0.4) is 0 Å². The van der Waals surface area contributed by atoms with Crippen molar-refractivity contribution in [2.75, 3.05) is 13.1 Å². The zero-order chi connectivity index (χ0) is 15.5. The molecule has 1 aliphatic heterocycles. The normalized spacial score (nSPS) is 21.0. The first-order chi connectivity index (χ1) is 10.6. The van der Waals surface area contributed by atoms with Crippen LogP contribution in [0.2, 0.25) is 10.0 Å². The van der Waals surface area contributed by atoms with E-state index in [1.165, 1.54) is 5.56 Å². The number of likely N-dealkylation sites (tertiary alicyclic amines) is 1. The second-order valence-corrected chi connectivity index (χ2v) is 6.24. The van der Waals surface area contributed by atoms with E-state index in [1.807, 2.05) is 18.2 Å². The van der Waals surface area contributed by atoms with Crippen LogP contribution in [0.5, 0.6) is 5.75 Å². The zero-order valence-electron chi connectivity index (χ0n) is 12.4. The van der Waals surface area contributed by atoms with Gasteiger partial charge < -0.3 is 9.84 Å². The summed E-state index contributed by atoms with van der Waals surface area (Å²) in [6.07, 6.45) is -0.849. The van der Waals surface area contributed by atoms with Crippen LogP contribution in [-0.2, 0) is 6.54 Å². The molecular formula is C17H18Cl3NO2. The quantitative estimate of drug-likeness (QED) is 0.876. The van der Waals surface area contributed by atoms with Gasteiger partial charge in [0.2, 0.25) is 0 Å². The standard InChI is InChI=1S/C17H17Cl2NO2.ClH/c18-13-7-4-8-15(17(13)19)22-16-11-20(10-14(16)21)9-12-5-2-1-3-6-12;/h1-8,14,16,21H,9-11H2;1H/t14-,16-;/m0./s1. The van der Waals surface area contributed by atoms with E-state index in [2.05, 4.69) is 17.0 Å². The minimum Gasteiger partial charge on any atom is -0.485 e. The Morgan fingerprint density at radius 2 is 1.78 bits per heavy atom. The Hall–Kier alpha value is -0.970. The summed E-state index contributed by atoms with van der Waals surface area (Å²) in [6.45, 7) is 2.03. The second kappa shape index (κ2) is 8.22. The molecule has 1 heterocycles. The molecule has 0 bridgehead atoms. The summed E-state index contributed by atoms with van der Waals surface area (Å²) in [4.78, 5) is 2.17. The van der Waals surface area contributed by atoms with Crippen molar-refractivity contribution in [3.8, 4) is 5.75 Å². The molecule has 3 rings (SSSR count). The molecule has 0 unspecified atom stereocenters. The highest BCUT2D eigenvalue weighted by Crippen LogP contribution is 2.33. The fraction of sp³-hybridized carbons (Fsp3) is 0.294. The summed E-state index contributed by atoms with van der Waals surface area (Å²) in [5, 5.41) is 11.1. The fourth-order valence-electron chi connectivity index (χ4n) is 2.66. The molecule has 3 nitrogen and oxygen atoms in total. The number of nitrogens with zero attached hydrogens (tertiary/aromatic N) is 1. The van der Waals surface area contributed by atoms with Crippen LogP contribution < -0.4 is 4.74 Å². The van der Waals surface area contributed by atoms with Gasteiger partial charge in [-0.25, -0.2) is 0 Å². The molecule has 1 N–H and O–H groups in total. The van der Waals surface area contributed by atoms with Crippen molar-refractivity contribution in [1.29, 1.82) is 0 Å². The van der Waals surface area contributed by atoms with Crippen LogP contribution in [0.25, 0.3) is 0 Å². The maximum atomic E-state index is 10.2. The number of hydrogen-bond donors (Lipinski definition) is 1. The second-order valence-electron chi connectivity index (χ2n) is 5.46. The summed E-state index contributed by atoms with van der Waals surface area (Å²) in [5.74, 6) is 0.514. The van der Waals surface area contributed by atoms with Crippen LogP contribution >= 0.6 is 35.6 Å². The average molecular weight is 375 g/mol. The molecule has 1 fully saturated rings. The molecule has 0 radical (unpaired) electrons. The maximum Gasteiger partial charge on any atom is 0.140 e. The van der Waals surface area contributed by atoms with Crippen molar-refractivity contribution in [3.05, 3.63) is 64.1 Å². The molecule has 0 spiro atoms. The van der Waals surface area contributed by atoms with Gasteiger partial charge >= 0.3 is 0 Å². The number of rotatable bonds is 4. The van der Waals surface area contributed by atoms with E-state index in [0.717, 1.165) is 6.54 Å². The number of benzene rings is 2. The Morgan fingerprint density at radius 3 is 2.52 bits per heavy atom. The first-order valence-corrected chi connectivity index (χ1v) is 7.94. The van der Waals surface area contributed by atoms with Gasteiger partial charge in [-0.1, -0.05) is 59.6 Å². The fourth-order valence-corrected chi connectivity index (χ4v) is 2.99. The Kier molecular flexibility index (Phi) is 6.57. The van der Waals surface area contributed by atoms with Crippen molar-refractivity contribution >= 4 is 35.6 Å². The van der Waals surface area contributed by atoms with Crippen molar-refractivity contribution in [2.45, 2.75) is 18.8 Å². The van der Waals surface area contributed by atoms with Crippen molar-refractivity contribution in [2.24, 2.45) is 0 Å². The molecule has 23 heavy (non-hydrogen) atoms. The molecule has 1 aliphatic rings. The summed E-state index contributed by atoms with van der Waals surface area (Å²) in [7, 11) is 0. The number of aliphatic hydroxyl groups is 1. The van der Waals surface area contributed by atoms with Gasteiger partial charge in [0.05, 0.1) is 5.02 Å². The maximum absolute atomic E-state index is 10.2. The van der Waals surface area contributed by atoms with E-state index in [-0.39, 0.29) is 18.5 Å². The molecule has 2 aromatic carbocycles. The molecular weight excluding hydrogens is 357 g/mol. The molecule has 0 saturated carbocycles. The number of aliphatic hydroxyl groups excluding tert-OH is 1. The molecule has 2 aromatic rings. The van der Waals surface area contributed by atoms with E-state index in [0.29, 0.717) is 28.9 Å². The van der Waals surface area contributed by atoms with E-state index in [9.17, 15) is 5.11 Å². The van der Waals surface area contributed by atoms with Gasteiger partial charge in [0.25, 0.3) is 0 Å². The number of ether oxygens (including phenoxy) is 1. The summed E-state index contributed by atoms with van der Waals surface area (Å²) in [5.41, 5.74) is 1.22. The lowest BCUT2D eigenvalue weighted by Crippen LogP contribution is -2.30. The zero-order valence-corrected chi connectivity index (χ0v) is 14.7. The summed E-state index contributed by atoms with van der Waals surface area (Å²) in [6, 6.07) is 15.4. The Balaban J connectivity index is 0.00000192. The average Bonchev–Trinajstić information content (AvgIpc) is 2.85. The highest BCUT2D eigenvalue weighted by molar-refractivity contribution is 6.42. The van der Waals surface area contributed by atoms with E-state index in [1.54, 1.807) is 18.2 Å². The van der Waals surface area contributed by atoms with Gasteiger partial charge in [-0.2, -0.15) is 0 Å². The third kappa shape index (κ3) is 4.52. The van der Waals surface area contributed by atoms with Crippen LogP contribution in [-0.4, -0.2) is 35.3 Å².